The molecule has 0 saturated carbocycles. The quantitative estimate of drug-likeness (QED) is 0.904. The van der Waals surface area contributed by atoms with E-state index in [1.165, 1.54) is 0 Å². The molecule has 2 rings (SSSR count). The summed E-state index contributed by atoms with van der Waals surface area (Å²) < 4.78 is 10.6. The fourth-order valence-electron chi connectivity index (χ4n) is 2.66. The molecule has 0 aliphatic carbocycles. The molecule has 1 heterocycles. The zero-order chi connectivity index (χ0) is 14.2. The van der Waals surface area contributed by atoms with E-state index >= 15 is 0 Å². The summed E-state index contributed by atoms with van der Waals surface area (Å²) in [7, 11) is 1.67. The lowest BCUT2D eigenvalue weighted by Crippen LogP contribution is -2.49. The second-order valence-electron chi connectivity index (χ2n) is 5.30. The Labute approximate surface area is 114 Å². The number of aryl methyl sites for hydroxylation is 1. The minimum Gasteiger partial charge on any atom is -0.496 e. The molecular weight excluding hydrogens is 240 g/mol. The van der Waals surface area contributed by atoms with Gasteiger partial charge in [0.05, 0.1) is 32.4 Å². The Morgan fingerprint density at radius 1 is 1.37 bits per heavy atom. The molecule has 1 aliphatic heterocycles. The van der Waals surface area contributed by atoms with Crippen LogP contribution in [0.5, 0.6) is 5.75 Å². The van der Waals surface area contributed by atoms with Gasteiger partial charge in [0.15, 0.2) is 0 Å². The first kappa shape index (κ1) is 13.9. The van der Waals surface area contributed by atoms with Crippen molar-refractivity contribution in [1.82, 2.24) is 0 Å². The monoisotopic (exact) mass is 260 g/mol. The van der Waals surface area contributed by atoms with Crippen molar-refractivity contribution in [3.8, 4) is 11.8 Å². The molecule has 2 N–H and O–H groups in total. The molecule has 0 amide bonds. The normalized spacial score (nSPS) is 18.3. The van der Waals surface area contributed by atoms with Crippen LogP contribution in [0.3, 0.4) is 0 Å². The van der Waals surface area contributed by atoms with Gasteiger partial charge >= 0.3 is 0 Å². The van der Waals surface area contributed by atoms with Crippen LogP contribution in [0.4, 0.5) is 0 Å². The average molecular weight is 260 g/mol. The highest BCUT2D eigenvalue weighted by Crippen LogP contribution is 2.41. The van der Waals surface area contributed by atoms with E-state index in [1.807, 2.05) is 26.8 Å². The summed E-state index contributed by atoms with van der Waals surface area (Å²) in [5, 5.41) is 9.36. The first-order valence-corrected chi connectivity index (χ1v) is 6.36. The van der Waals surface area contributed by atoms with Gasteiger partial charge in [-0.2, -0.15) is 5.26 Å². The van der Waals surface area contributed by atoms with Crippen molar-refractivity contribution >= 4 is 0 Å². The first-order chi connectivity index (χ1) is 8.96. The largest absolute Gasteiger partial charge is 0.496 e. The van der Waals surface area contributed by atoms with E-state index in [9.17, 15) is 5.26 Å². The van der Waals surface area contributed by atoms with Gasteiger partial charge < -0.3 is 15.2 Å². The van der Waals surface area contributed by atoms with Gasteiger partial charge in [-0.1, -0.05) is 6.07 Å². The summed E-state index contributed by atoms with van der Waals surface area (Å²) >= 11 is 0. The molecule has 1 aliphatic rings. The van der Waals surface area contributed by atoms with Crippen LogP contribution in [0.25, 0.3) is 0 Å². The Balaban J connectivity index is 2.49. The zero-order valence-corrected chi connectivity index (χ0v) is 11.9. The third kappa shape index (κ3) is 1.99. The van der Waals surface area contributed by atoms with Crippen molar-refractivity contribution in [2.24, 2.45) is 11.1 Å². The number of hydrogen-bond donors (Lipinski definition) is 1. The molecule has 1 fully saturated rings. The standard InChI is InChI=1S/C15H20N2O2/c1-9-5-12(10(2)11(3)13(9)18-4)14(17)15(6-16)7-19-8-15/h5,14H,7-8,17H2,1-4H3. The summed E-state index contributed by atoms with van der Waals surface area (Å²) in [6.07, 6.45) is 0. The van der Waals surface area contributed by atoms with Gasteiger partial charge in [0.2, 0.25) is 0 Å². The Hall–Kier alpha value is -1.57. The number of ether oxygens (including phenoxy) is 2. The third-order valence-corrected chi connectivity index (χ3v) is 4.14. The van der Waals surface area contributed by atoms with Crippen molar-refractivity contribution in [2.75, 3.05) is 20.3 Å². The molecule has 0 aromatic heterocycles. The molecule has 4 heteroatoms. The van der Waals surface area contributed by atoms with Crippen molar-refractivity contribution in [3.63, 3.8) is 0 Å². The van der Waals surface area contributed by atoms with Crippen molar-refractivity contribution < 1.29 is 9.47 Å². The Bertz CT molecular complexity index is 542. The number of nitriles is 1. The van der Waals surface area contributed by atoms with Crippen LogP contribution in [0.15, 0.2) is 6.07 Å². The maximum absolute atomic E-state index is 9.36. The minimum atomic E-state index is -0.585. The van der Waals surface area contributed by atoms with Crippen LogP contribution >= 0.6 is 0 Å². The number of benzene rings is 1. The Morgan fingerprint density at radius 2 is 2.00 bits per heavy atom. The van der Waals surface area contributed by atoms with Gasteiger partial charge in [-0.05, 0) is 43.0 Å². The molecule has 4 nitrogen and oxygen atoms in total. The number of nitrogens with two attached hydrogens (primary N) is 1. The summed E-state index contributed by atoms with van der Waals surface area (Å²) in [5.74, 6) is 0.893. The van der Waals surface area contributed by atoms with Crippen molar-refractivity contribution in [2.45, 2.75) is 26.8 Å². The van der Waals surface area contributed by atoms with E-state index in [4.69, 9.17) is 15.2 Å². The lowest BCUT2D eigenvalue weighted by molar-refractivity contribution is -0.0911. The fourth-order valence-corrected chi connectivity index (χ4v) is 2.66. The topological polar surface area (TPSA) is 68.3 Å². The van der Waals surface area contributed by atoms with E-state index < -0.39 is 5.41 Å². The van der Waals surface area contributed by atoms with E-state index in [0.29, 0.717) is 13.2 Å². The van der Waals surface area contributed by atoms with Crippen LogP contribution < -0.4 is 10.5 Å². The molecule has 0 radical (unpaired) electrons. The summed E-state index contributed by atoms with van der Waals surface area (Å²) in [6.45, 7) is 6.87. The minimum absolute atomic E-state index is 0.324. The molecule has 0 spiro atoms. The number of hydrogen-bond acceptors (Lipinski definition) is 4. The number of rotatable bonds is 3. The first-order valence-electron chi connectivity index (χ1n) is 6.36. The second-order valence-corrected chi connectivity index (χ2v) is 5.30. The van der Waals surface area contributed by atoms with Gasteiger partial charge in [0.1, 0.15) is 11.2 Å². The maximum atomic E-state index is 9.36. The highest BCUT2D eigenvalue weighted by molar-refractivity contribution is 5.50. The lowest BCUT2D eigenvalue weighted by atomic mass is 9.75. The van der Waals surface area contributed by atoms with E-state index in [0.717, 1.165) is 28.0 Å². The van der Waals surface area contributed by atoms with Gasteiger partial charge in [-0.25, -0.2) is 0 Å². The highest BCUT2D eigenvalue weighted by atomic mass is 16.5. The smallest absolute Gasteiger partial charge is 0.124 e. The highest BCUT2D eigenvalue weighted by Gasteiger charge is 2.46. The Kier molecular flexibility index (Phi) is 3.53. The van der Waals surface area contributed by atoms with Crippen LogP contribution in [0.1, 0.15) is 28.3 Å². The molecule has 1 aromatic rings. The summed E-state index contributed by atoms with van der Waals surface area (Å²) in [4.78, 5) is 0. The van der Waals surface area contributed by atoms with E-state index in [2.05, 4.69) is 6.07 Å². The van der Waals surface area contributed by atoms with Crippen LogP contribution in [-0.4, -0.2) is 20.3 Å². The molecule has 0 bridgehead atoms. The Morgan fingerprint density at radius 3 is 2.42 bits per heavy atom. The maximum Gasteiger partial charge on any atom is 0.124 e. The van der Waals surface area contributed by atoms with E-state index in [-0.39, 0.29) is 6.04 Å². The SMILES string of the molecule is COc1c(C)cc(C(N)C2(C#N)COC2)c(C)c1C. The van der Waals surface area contributed by atoms with Crippen molar-refractivity contribution in [1.29, 1.82) is 5.26 Å². The molecule has 1 unspecified atom stereocenters. The average Bonchev–Trinajstić information content (AvgIpc) is 2.33. The predicted octanol–water partition coefficient (Wildman–Crippen LogP) is 2.16. The molecular formula is C15H20N2O2. The van der Waals surface area contributed by atoms with Gasteiger partial charge in [-0.3, -0.25) is 0 Å². The molecule has 1 aromatic carbocycles. The van der Waals surface area contributed by atoms with Gasteiger partial charge in [0, 0.05) is 0 Å². The molecule has 102 valence electrons. The van der Waals surface area contributed by atoms with Gasteiger partial charge in [-0.15, -0.1) is 0 Å². The zero-order valence-electron chi connectivity index (χ0n) is 11.9. The van der Waals surface area contributed by atoms with E-state index in [1.54, 1.807) is 7.11 Å². The van der Waals surface area contributed by atoms with Gasteiger partial charge in [0.25, 0.3) is 0 Å². The van der Waals surface area contributed by atoms with Crippen LogP contribution in [-0.2, 0) is 4.74 Å². The molecule has 1 saturated heterocycles. The number of methoxy groups -OCH3 is 1. The molecule has 1 atom stereocenters. The summed E-state index contributed by atoms with van der Waals surface area (Å²) in [6, 6.07) is 4.03. The third-order valence-electron chi connectivity index (χ3n) is 4.14. The van der Waals surface area contributed by atoms with Crippen molar-refractivity contribution in [3.05, 3.63) is 28.3 Å². The number of nitrogens with zero attached hydrogens (tertiary/aromatic N) is 1. The predicted molar refractivity (Wildman–Crippen MR) is 73.0 cm³/mol. The second kappa shape index (κ2) is 4.84. The fraction of sp³-hybridized carbons (Fsp3) is 0.533. The molecule has 19 heavy (non-hydrogen) atoms. The summed E-state index contributed by atoms with van der Waals surface area (Å²) in [5.41, 5.74) is 9.99. The van der Waals surface area contributed by atoms with Crippen LogP contribution in [0, 0.1) is 37.5 Å². The lowest BCUT2D eigenvalue weighted by Gasteiger charge is -2.40. The van der Waals surface area contributed by atoms with Crippen LogP contribution in [0.2, 0.25) is 0 Å².